The number of benzene rings is 1. The molecule has 0 saturated heterocycles. The molecule has 0 unspecified atom stereocenters. The smallest absolute Gasteiger partial charge is 0.194 e. The van der Waals surface area contributed by atoms with Gasteiger partial charge >= 0.3 is 0 Å². The van der Waals surface area contributed by atoms with Crippen LogP contribution in [0.3, 0.4) is 0 Å². The van der Waals surface area contributed by atoms with E-state index in [2.05, 4.69) is 20.9 Å². The second kappa shape index (κ2) is 9.51. The molecule has 24 heavy (non-hydrogen) atoms. The van der Waals surface area contributed by atoms with E-state index in [1.54, 1.807) is 13.1 Å². The van der Waals surface area contributed by atoms with Crippen LogP contribution in [0.4, 0.5) is 4.39 Å². The molecule has 1 N–H and O–H groups in total. The number of rotatable bonds is 5. The summed E-state index contributed by atoms with van der Waals surface area (Å²) in [6.45, 7) is 1.23. The van der Waals surface area contributed by atoms with Crippen molar-refractivity contribution in [2.75, 3.05) is 21.2 Å². The summed E-state index contributed by atoms with van der Waals surface area (Å²) in [7, 11) is 7.17. The second-order valence-electron chi connectivity index (χ2n) is 5.34. The van der Waals surface area contributed by atoms with Crippen molar-refractivity contribution in [3.05, 3.63) is 53.6 Å². The van der Waals surface area contributed by atoms with Crippen LogP contribution in [-0.4, -0.2) is 36.6 Å². The van der Waals surface area contributed by atoms with Gasteiger partial charge in [0, 0.05) is 39.6 Å². The topological polar surface area (TPSA) is 41.8 Å². The molecule has 132 valence electrons. The first-order valence-electron chi connectivity index (χ1n) is 7.39. The fraction of sp³-hybridized carbons (Fsp3) is 0.353. The molecule has 0 atom stereocenters. The number of nitrogens with zero attached hydrogens (tertiary/aromatic N) is 3. The molecule has 0 fully saturated rings. The van der Waals surface area contributed by atoms with Crippen LogP contribution in [0.25, 0.3) is 0 Å². The van der Waals surface area contributed by atoms with Crippen LogP contribution < -0.4 is 10.1 Å². The van der Waals surface area contributed by atoms with Crippen molar-refractivity contribution < 1.29 is 9.13 Å². The third-order valence-electron chi connectivity index (χ3n) is 3.69. The average molecular weight is 446 g/mol. The second-order valence-corrected chi connectivity index (χ2v) is 5.34. The molecule has 0 radical (unpaired) electrons. The maximum Gasteiger partial charge on any atom is 0.194 e. The van der Waals surface area contributed by atoms with Crippen molar-refractivity contribution in [2.24, 2.45) is 12.0 Å². The third-order valence-corrected chi connectivity index (χ3v) is 3.69. The van der Waals surface area contributed by atoms with Crippen LogP contribution in [0.1, 0.15) is 11.3 Å². The molecule has 0 saturated carbocycles. The predicted molar refractivity (Wildman–Crippen MR) is 105 cm³/mol. The fourth-order valence-corrected chi connectivity index (χ4v) is 2.36. The maximum absolute atomic E-state index is 13.7. The monoisotopic (exact) mass is 446 g/mol. The molecule has 0 aliphatic rings. The van der Waals surface area contributed by atoms with E-state index in [0.717, 1.165) is 18.1 Å². The molecule has 5 nitrogen and oxygen atoms in total. The Labute approximate surface area is 159 Å². The van der Waals surface area contributed by atoms with Crippen LogP contribution in [-0.2, 0) is 20.1 Å². The number of hydrogen-bond acceptors (Lipinski definition) is 2. The molecule has 0 bridgehead atoms. The van der Waals surface area contributed by atoms with Gasteiger partial charge in [-0.2, -0.15) is 0 Å². The van der Waals surface area contributed by atoms with Crippen LogP contribution in [0, 0.1) is 5.82 Å². The van der Waals surface area contributed by atoms with Crippen LogP contribution in [0.15, 0.2) is 41.5 Å². The van der Waals surface area contributed by atoms with Crippen LogP contribution in [0.2, 0.25) is 0 Å². The molecule has 2 rings (SSSR count). The minimum absolute atomic E-state index is 0. The van der Waals surface area contributed by atoms with Crippen molar-refractivity contribution in [2.45, 2.75) is 13.1 Å². The van der Waals surface area contributed by atoms with E-state index in [-0.39, 0.29) is 35.5 Å². The lowest BCUT2D eigenvalue weighted by atomic mass is 10.2. The zero-order valence-corrected chi connectivity index (χ0v) is 16.7. The molecular weight excluding hydrogens is 422 g/mol. The summed E-state index contributed by atoms with van der Waals surface area (Å²) in [6.07, 6.45) is 2.01. The SMILES string of the molecule is CN=C(NCc1ccc(OC)c(F)c1)N(C)Cc1cccn1C.I. The minimum Gasteiger partial charge on any atom is -0.494 e. The highest BCUT2D eigenvalue weighted by Crippen LogP contribution is 2.17. The Morgan fingerprint density at radius 1 is 1.38 bits per heavy atom. The van der Waals surface area contributed by atoms with Crippen LogP contribution in [0.5, 0.6) is 5.75 Å². The van der Waals surface area contributed by atoms with Crippen molar-refractivity contribution in [3.63, 3.8) is 0 Å². The number of nitrogens with one attached hydrogen (secondary N) is 1. The van der Waals surface area contributed by atoms with E-state index in [0.29, 0.717) is 6.54 Å². The van der Waals surface area contributed by atoms with Crippen molar-refractivity contribution >= 4 is 29.9 Å². The first-order valence-corrected chi connectivity index (χ1v) is 7.39. The normalized spacial score (nSPS) is 11.0. The fourth-order valence-electron chi connectivity index (χ4n) is 2.36. The Kier molecular flexibility index (Phi) is 8.03. The highest BCUT2D eigenvalue weighted by Gasteiger charge is 2.09. The first kappa shape index (κ1) is 20.3. The molecule has 0 aliphatic carbocycles. The Morgan fingerprint density at radius 2 is 2.12 bits per heavy atom. The summed E-state index contributed by atoms with van der Waals surface area (Å²) in [5.74, 6) is 0.639. The Hall–Kier alpha value is -1.77. The molecule has 7 heteroatoms. The molecule has 1 heterocycles. The van der Waals surface area contributed by atoms with Gasteiger partial charge in [-0.15, -0.1) is 24.0 Å². The van der Waals surface area contributed by atoms with Gasteiger partial charge in [0.05, 0.1) is 13.7 Å². The number of hydrogen-bond donors (Lipinski definition) is 1. The summed E-state index contributed by atoms with van der Waals surface area (Å²) in [5.41, 5.74) is 2.02. The number of methoxy groups -OCH3 is 1. The Morgan fingerprint density at radius 3 is 2.67 bits per heavy atom. The minimum atomic E-state index is -0.362. The molecule has 0 spiro atoms. The molecule has 2 aromatic rings. The lowest BCUT2D eigenvalue weighted by molar-refractivity contribution is 0.386. The van der Waals surface area contributed by atoms with Crippen LogP contribution >= 0.6 is 24.0 Å². The van der Waals surface area contributed by atoms with Gasteiger partial charge in [0.2, 0.25) is 0 Å². The summed E-state index contributed by atoms with van der Waals surface area (Å²) in [6, 6.07) is 9.01. The third kappa shape index (κ3) is 5.12. The molecule has 0 amide bonds. The lowest BCUT2D eigenvalue weighted by Gasteiger charge is -2.22. The molecule has 0 aliphatic heterocycles. The summed E-state index contributed by atoms with van der Waals surface area (Å²) in [4.78, 5) is 6.30. The van der Waals surface area contributed by atoms with E-state index in [1.807, 2.05) is 37.3 Å². The standard InChI is InChI=1S/C17H23FN4O.HI/c1-19-17(22(3)12-14-6-5-9-21(14)2)20-11-13-7-8-16(23-4)15(18)10-13;/h5-10H,11-12H2,1-4H3,(H,19,20);1H. The zero-order chi connectivity index (χ0) is 16.8. The van der Waals surface area contributed by atoms with E-state index < -0.39 is 0 Å². The quantitative estimate of drug-likeness (QED) is 0.437. The van der Waals surface area contributed by atoms with Gasteiger partial charge in [0.25, 0.3) is 0 Å². The predicted octanol–water partition coefficient (Wildman–Crippen LogP) is 3.00. The van der Waals surface area contributed by atoms with Gasteiger partial charge in [0.15, 0.2) is 17.5 Å². The van der Waals surface area contributed by atoms with Gasteiger partial charge in [-0.05, 0) is 29.8 Å². The summed E-state index contributed by atoms with van der Waals surface area (Å²) in [5, 5.41) is 3.24. The highest BCUT2D eigenvalue weighted by molar-refractivity contribution is 14.0. The molecule has 1 aromatic heterocycles. The Bertz CT molecular complexity index is 687. The van der Waals surface area contributed by atoms with Gasteiger partial charge in [-0.1, -0.05) is 6.07 Å². The van der Waals surface area contributed by atoms with Crippen molar-refractivity contribution in [1.82, 2.24) is 14.8 Å². The van der Waals surface area contributed by atoms with E-state index in [1.165, 1.54) is 18.9 Å². The highest BCUT2D eigenvalue weighted by atomic mass is 127. The number of ether oxygens (including phenoxy) is 1. The number of aromatic nitrogens is 1. The van der Waals surface area contributed by atoms with E-state index in [9.17, 15) is 4.39 Å². The maximum atomic E-state index is 13.7. The van der Waals surface area contributed by atoms with E-state index in [4.69, 9.17) is 4.74 Å². The number of aryl methyl sites for hydroxylation is 1. The van der Waals surface area contributed by atoms with Crippen molar-refractivity contribution in [3.8, 4) is 5.75 Å². The van der Waals surface area contributed by atoms with Gasteiger partial charge in [-0.3, -0.25) is 4.99 Å². The largest absolute Gasteiger partial charge is 0.494 e. The van der Waals surface area contributed by atoms with E-state index >= 15 is 0 Å². The molecular formula is C17H24FIN4O. The zero-order valence-electron chi connectivity index (χ0n) is 14.4. The van der Waals surface area contributed by atoms with Gasteiger partial charge < -0.3 is 19.5 Å². The number of aliphatic imine (C=N–C) groups is 1. The molecule has 1 aromatic carbocycles. The summed E-state index contributed by atoms with van der Waals surface area (Å²) < 4.78 is 20.7. The van der Waals surface area contributed by atoms with Crippen molar-refractivity contribution in [1.29, 1.82) is 0 Å². The Balaban J connectivity index is 0.00000288. The lowest BCUT2D eigenvalue weighted by Crippen LogP contribution is -2.38. The van der Waals surface area contributed by atoms with Gasteiger partial charge in [0.1, 0.15) is 0 Å². The summed E-state index contributed by atoms with van der Waals surface area (Å²) >= 11 is 0. The first-order chi connectivity index (χ1) is 11.0. The average Bonchev–Trinajstić information content (AvgIpc) is 2.93. The van der Waals surface area contributed by atoms with Gasteiger partial charge in [-0.25, -0.2) is 4.39 Å². The number of guanidine groups is 1. The number of halogens is 2.